The van der Waals surface area contributed by atoms with Crippen LogP contribution in [0.4, 0.5) is 0 Å². The molecule has 11 atom stereocenters. The van der Waals surface area contributed by atoms with E-state index in [1.54, 1.807) is 0 Å². The first-order valence-electron chi connectivity index (χ1n) is 26.3. The highest BCUT2D eigenvalue weighted by molar-refractivity contribution is 5.75. The van der Waals surface area contributed by atoms with Gasteiger partial charge in [0.1, 0.15) is 93.4 Å². The van der Waals surface area contributed by atoms with Gasteiger partial charge in [0.2, 0.25) is 0 Å². The Kier molecular flexibility index (Phi) is 11.2. The number of phenolic OH excluding ortho intramolecular Hbond substituents is 17. The number of hydrogen-bond acceptors (Lipinski definition) is 27. The third kappa shape index (κ3) is 7.30. The Morgan fingerprint density at radius 2 is 0.770 bits per heavy atom. The van der Waals surface area contributed by atoms with Crippen molar-refractivity contribution in [1.82, 2.24) is 0 Å². The minimum atomic E-state index is -2.89. The second-order valence-electron chi connectivity index (χ2n) is 21.9. The van der Waals surface area contributed by atoms with Gasteiger partial charge in [-0.15, -0.1) is 0 Å². The number of aromatic hydroxyl groups is 17. The number of benzene rings is 8. The van der Waals surface area contributed by atoms with Crippen molar-refractivity contribution in [3.05, 3.63) is 146 Å². The zero-order valence-electron chi connectivity index (χ0n) is 43.8. The van der Waals surface area contributed by atoms with Gasteiger partial charge in [-0.3, -0.25) is 0 Å². The molecule has 0 fully saturated rings. The van der Waals surface area contributed by atoms with Crippen LogP contribution >= 0.6 is 0 Å². The van der Waals surface area contributed by atoms with E-state index < -0.39 is 227 Å². The Balaban J connectivity index is 1.06. The molecule has 27 heteroatoms. The normalized spacial score (nSPS) is 25.8. The summed E-state index contributed by atoms with van der Waals surface area (Å²) >= 11 is 0. The molecule has 6 aliphatic heterocycles. The van der Waals surface area contributed by atoms with Gasteiger partial charge in [0.25, 0.3) is 0 Å². The Bertz CT molecular complexity index is 4290. The van der Waals surface area contributed by atoms with Crippen LogP contribution in [-0.4, -0.2) is 132 Å². The Hall–Kier alpha value is -11.0. The van der Waals surface area contributed by atoms with Gasteiger partial charge in [-0.2, -0.15) is 0 Å². The van der Waals surface area contributed by atoms with Gasteiger partial charge in [-0.1, -0.05) is 6.07 Å². The van der Waals surface area contributed by atoms with E-state index in [0.717, 1.165) is 78.9 Å². The quantitative estimate of drug-likeness (QED) is 0.105. The second-order valence-corrected chi connectivity index (χ2v) is 21.9. The van der Waals surface area contributed by atoms with Crippen LogP contribution in [0, 0.1) is 0 Å². The smallest absolute Gasteiger partial charge is 0.305 e. The van der Waals surface area contributed by atoms with Gasteiger partial charge in [0, 0.05) is 92.4 Å². The van der Waals surface area contributed by atoms with Crippen molar-refractivity contribution in [2.24, 2.45) is 0 Å². The number of rotatable bonds is 5. The molecule has 21 N–H and O–H groups in total. The lowest BCUT2D eigenvalue weighted by Gasteiger charge is -2.52. The number of aliphatic hydroxyl groups excluding tert-OH is 4. The van der Waals surface area contributed by atoms with E-state index in [-0.39, 0.29) is 39.1 Å². The highest BCUT2D eigenvalue weighted by Gasteiger charge is 2.64. The molecule has 0 saturated carbocycles. The fourth-order valence-electron chi connectivity index (χ4n) is 13.1. The highest BCUT2D eigenvalue weighted by atomic mass is 16.7. The maximum atomic E-state index is 13.2. The van der Waals surface area contributed by atoms with Crippen molar-refractivity contribution in [2.45, 2.75) is 72.4 Å². The van der Waals surface area contributed by atoms with Crippen LogP contribution in [0.3, 0.4) is 0 Å². The van der Waals surface area contributed by atoms with Gasteiger partial charge < -0.3 is 136 Å². The fraction of sp³-hybridized carbons (Fsp3) is 0.200. The summed E-state index contributed by atoms with van der Waals surface area (Å²) in [5, 5.41) is 240. The van der Waals surface area contributed by atoms with E-state index in [2.05, 4.69) is 0 Å². The Labute approximate surface area is 485 Å². The molecular weight excluding hydrogens is 1150 g/mol. The lowest BCUT2D eigenvalue weighted by atomic mass is 9.70. The molecule has 0 radical (unpaired) electrons. The summed E-state index contributed by atoms with van der Waals surface area (Å²) in [6.45, 7) is 0. The third-order valence-corrected chi connectivity index (χ3v) is 17.0. The van der Waals surface area contributed by atoms with Crippen molar-refractivity contribution in [3.63, 3.8) is 0 Å². The standard InChI is InChI=1S/C60H46O27/c61-20-10-25(65)39-36(11-20)84-59(18-6-31(71)49(77)32(72)7-18)57(80)46(39)44-38(85-59)15-28(68)40-45(51(79)53(83-55(40)44)17-4-29(69)48(76)30(70)5-17)41-26(66)13-27(67)42-47-43-37(86-60(58(47)81,87-56(41)42)19-8-33(73)50(78)34(74)9-19)14-23(63)21-12-35(75)52(82-54(21)43)16-1-2-22(62)24(64)3-16/h1-11,13-15,35,45-47,51-53,57-58,61-81H,12H2/t35-,45-,46-,47-,51-,52+,53+,57-,58-,59+,60-/m0/s1. The number of fused-ring (bicyclic) bond motifs is 16. The summed E-state index contributed by atoms with van der Waals surface area (Å²) in [6.07, 6.45) is -12.0. The molecule has 87 heavy (non-hydrogen) atoms. The molecule has 6 aliphatic rings. The molecule has 27 nitrogen and oxygen atoms in total. The van der Waals surface area contributed by atoms with Gasteiger partial charge in [-0.05, 0) is 54.1 Å². The maximum absolute atomic E-state index is 13.2. The lowest BCUT2D eigenvalue weighted by Crippen LogP contribution is -2.58. The fourth-order valence-corrected chi connectivity index (χ4v) is 13.1. The van der Waals surface area contributed by atoms with Gasteiger partial charge in [0.15, 0.2) is 69.3 Å². The van der Waals surface area contributed by atoms with E-state index >= 15 is 0 Å². The van der Waals surface area contributed by atoms with Crippen LogP contribution in [-0.2, 0) is 18.0 Å². The zero-order valence-corrected chi connectivity index (χ0v) is 43.8. The molecule has 0 saturated heterocycles. The topological polar surface area (TPSA) is 480 Å². The predicted octanol–water partition coefficient (Wildman–Crippen LogP) is 4.61. The molecule has 8 aromatic rings. The van der Waals surface area contributed by atoms with Crippen LogP contribution in [0.5, 0.6) is 132 Å². The second kappa shape index (κ2) is 18.0. The number of phenols is 17. The highest BCUT2D eigenvalue weighted by Crippen LogP contribution is 2.69. The van der Waals surface area contributed by atoms with Gasteiger partial charge >= 0.3 is 11.6 Å². The van der Waals surface area contributed by atoms with Crippen LogP contribution < -0.4 is 28.4 Å². The van der Waals surface area contributed by atoms with Crippen LogP contribution in [0.2, 0.25) is 0 Å². The molecule has 0 amide bonds. The summed E-state index contributed by atoms with van der Waals surface area (Å²) in [6, 6.07) is 13.1. The number of aliphatic hydroxyl groups is 4. The summed E-state index contributed by atoms with van der Waals surface area (Å²) in [4.78, 5) is 0. The van der Waals surface area contributed by atoms with E-state index in [1.165, 1.54) is 6.07 Å². The predicted molar refractivity (Wildman–Crippen MR) is 286 cm³/mol. The van der Waals surface area contributed by atoms with Crippen molar-refractivity contribution < 1.29 is 136 Å². The minimum absolute atomic E-state index is 0.0868. The monoisotopic (exact) mass is 1200 g/mol. The molecule has 0 spiro atoms. The van der Waals surface area contributed by atoms with Crippen molar-refractivity contribution in [3.8, 4) is 132 Å². The van der Waals surface area contributed by atoms with Gasteiger partial charge in [0.05, 0.1) is 23.9 Å². The SMILES string of the molecule is Oc1cc(O)c2c(c1)O[C@]1(c3cc(O)c(O)c(O)c3)Oc3cc(O)c4c(c3[C@H]2[C@@H]1O)O[C@H](c1cc(O)c(O)c(O)c1)[C@@H](O)[C@@H]4c1c(O)cc(O)c2c1O[C@]1(c3cc(O)c(O)c(O)c3)Oc3cc(O)c4c(c3[C@H]2[C@@H]1O)O[C@H](c1ccc(O)c(O)c1)[C@@H](O)C4. The third-order valence-electron chi connectivity index (χ3n) is 17.0. The number of hydrogen-bond donors (Lipinski definition) is 21. The molecular formula is C60H46O27. The van der Waals surface area contributed by atoms with E-state index in [9.17, 15) is 107 Å². The first kappa shape index (κ1) is 54.0. The molecule has 4 bridgehead atoms. The zero-order chi connectivity index (χ0) is 61.7. The van der Waals surface area contributed by atoms with Crippen LogP contribution in [0.15, 0.2) is 84.9 Å². The van der Waals surface area contributed by atoms with E-state index in [0.29, 0.717) is 0 Å². The van der Waals surface area contributed by atoms with E-state index in [4.69, 9.17) is 28.4 Å². The summed E-state index contributed by atoms with van der Waals surface area (Å²) in [5.74, 6) is -29.0. The Morgan fingerprint density at radius 1 is 0.333 bits per heavy atom. The van der Waals surface area contributed by atoms with E-state index in [1.807, 2.05) is 0 Å². The molecule has 6 heterocycles. The average Bonchev–Trinajstić information content (AvgIpc) is 0.695. The molecule has 0 aliphatic carbocycles. The summed E-state index contributed by atoms with van der Waals surface area (Å²) in [7, 11) is 0. The largest absolute Gasteiger partial charge is 0.508 e. The molecule has 0 aromatic heterocycles. The maximum Gasteiger partial charge on any atom is 0.305 e. The minimum Gasteiger partial charge on any atom is -0.508 e. The summed E-state index contributed by atoms with van der Waals surface area (Å²) in [5.41, 5.74) is -3.90. The number of ether oxygens (including phenoxy) is 6. The van der Waals surface area contributed by atoms with Gasteiger partial charge in [-0.25, -0.2) is 0 Å². The lowest BCUT2D eigenvalue weighted by molar-refractivity contribution is -0.219. The molecule has 0 unspecified atom stereocenters. The van der Waals surface area contributed by atoms with Crippen LogP contribution in [0.1, 0.15) is 91.2 Å². The average molecular weight is 1200 g/mol. The molecule has 14 rings (SSSR count). The summed E-state index contributed by atoms with van der Waals surface area (Å²) < 4.78 is 39.2. The van der Waals surface area contributed by atoms with Crippen molar-refractivity contribution in [2.75, 3.05) is 0 Å². The van der Waals surface area contributed by atoms with Crippen molar-refractivity contribution >= 4 is 0 Å². The Morgan fingerprint density at radius 3 is 1.33 bits per heavy atom. The first-order valence-corrected chi connectivity index (χ1v) is 26.3. The molecule has 8 aromatic carbocycles. The van der Waals surface area contributed by atoms with Crippen LogP contribution in [0.25, 0.3) is 0 Å². The van der Waals surface area contributed by atoms with Crippen molar-refractivity contribution in [1.29, 1.82) is 0 Å². The first-order chi connectivity index (χ1) is 41.2. The molecule has 448 valence electrons.